The van der Waals surface area contributed by atoms with Crippen molar-refractivity contribution in [1.29, 1.82) is 0 Å². The zero-order valence-electron chi connectivity index (χ0n) is 9.08. The lowest BCUT2D eigenvalue weighted by molar-refractivity contribution is 0.294. The zero-order valence-corrected chi connectivity index (χ0v) is 9.08. The maximum Gasteiger partial charge on any atom is 0.126 e. The normalized spacial score (nSPS) is 16.8. The molecule has 1 heterocycles. The molecule has 0 saturated heterocycles. The fourth-order valence-corrected chi connectivity index (χ4v) is 1.41. The second-order valence-electron chi connectivity index (χ2n) is 4.94. The van der Waals surface area contributed by atoms with Gasteiger partial charge in [-0.15, -0.1) is 0 Å². The monoisotopic (exact) mass is 191 g/mol. The maximum absolute atomic E-state index is 5.84. The van der Waals surface area contributed by atoms with E-state index in [2.05, 4.69) is 25.8 Å². The Hall–Kier alpha value is -1.05. The minimum Gasteiger partial charge on any atom is -0.490 e. The van der Waals surface area contributed by atoms with E-state index >= 15 is 0 Å². The highest BCUT2D eigenvalue weighted by Gasteiger charge is 2.26. The first-order valence-corrected chi connectivity index (χ1v) is 5.18. The number of nitrogens with zero attached hydrogens (tertiary/aromatic N) is 1. The van der Waals surface area contributed by atoms with Crippen molar-refractivity contribution in [3.8, 4) is 5.75 Å². The lowest BCUT2D eigenvalue weighted by Gasteiger charge is -2.21. The fourth-order valence-electron chi connectivity index (χ4n) is 1.41. The predicted molar refractivity (Wildman–Crippen MR) is 56.6 cm³/mol. The average Bonchev–Trinajstić information content (AvgIpc) is 2.87. The van der Waals surface area contributed by atoms with Crippen molar-refractivity contribution in [3.05, 3.63) is 24.0 Å². The highest BCUT2D eigenvalue weighted by atomic mass is 16.5. The van der Waals surface area contributed by atoms with Gasteiger partial charge in [0.1, 0.15) is 5.75 Å². The van der Waals surface area contributed by atoms with Crippen LogP contribution in [0, 0.1) is 0 Å². The lowest BCUT2D eigenvalue weighted by Crippen LogP contribution is -2.14. The van der Waals surface area contributed by atoms with Crippen LogP contribution in [-0.2, 0) is 5.41 Å². The van der Waals surface area contributed by atoms with Crippen LogP contribution in [0.25, 0.3) is 0 Å². The van der Waals surface area contributed by atoms with Gasteiger partial charge in [-0.25, -0.2) is 0 Å². The third kappa shape index (κ3) is 2.06. The lowest BCUT2D eigenvalue weighted by atomic mass is 9.88. The molecule has 2 rings (SSSR count). The second kappa shape index (κ2) is 3.26. The number of hydrogen-bond donors (Lipinski definition) is 0. The van der Waals surface area contributed by atoms with Crippen LogP contribution in [0.3, 0.4) is 0 Å². The van der Waals surface area contributed by atoms with Crippen molar-refractivity contribution in [3.63, 3.8) is 0 Å². The van der Waals surface area contributed by atoms with Gasteiger partial charge in [0, 0.05) is 18.0 Å². The molecule has 0 bridgehead atoms. The Morgan fingerprint density at radius 3 is 2.64 bits per heavy atom. The van der Waals surface area contributed by atoms with Gasteiger partial charge >= 0.3 is 0 Å². The summed E-state index contributed by atoms with van der Waals surface area (Å²) in [5, 5.41) is 0. The molecule has 14 heavy (non-hydrogen) atoms. The van der Waals surface area contributed by atoms with Gasteiger partial charge in [-0.1, -0.05) is 20.8 Å². The third-order valence-corrected chi connectivity index (χ3v) is 2.41. The van der Waals surface area contributed by atoms with Crippen LogP contribution in [0.15, 0.2) is 18.5 Å². The summed E-state index contributed by atoms with van der Waals surface area (Å²) in [6.07, 6.45) is 6.57. The number of hydrogen-bond acceptors (Lipinski definition) is 2. The highest BCUT2D eigenvalue weighted by Crippen LogP contribution is 2.34. The summed E-state index contributed by atoms with van der Waals surface area (Å²) in [4.78, 5) is 4.16. The summed E-state index contributed by atoms with van der Waals surface area (Å²) in [5.74, 6) is 1.01. The van der Waals surface area contributed by atoms with E-state index in [0.29, 0.717) is 6.10 Å². The quantitative estimate of drug-likeness (QED) is 0.717. The summed E-state index contributed by atoms with van der Waals surface area (Å²) in [6.45, 7) is 6.55. The average molecular weight is 191 g/mol. The van der Waals surface area contributed by atoms with E-state index in [1.54, 1.807) is 6.20 Å². The van der Waals surface area contributed by atoms with Gasteiger partial charge in [0.2, 0.25) is 0 Å². The minimum atomic E-state index is 0.110. The number of ether oxygens (including phenoxy) is 1. The molecular formula is C12H17NO. The van der Waals surface area contributed by atoms with Gasteiger partial charge in [-0.2, -0.15) is 0 Å². The van der Waals surface area contributed by atoms with Gasteiger partial charge in [-0.3, -0.25) is 4.98 Å². The topological polar surface area (TPSA) is 22.1 Å². The molecule has 2 nitrogen and oxygen atoms in total. The van der Waals surface area contributed by atoms with Gasteiger partial charge in [0.25, 0.3) is 0 Å². The summed E-state index contributed by atoms with van der Waals surface area (Å²) in [7, 11) is 0. The molecule has 0 atom stereocenters. The molecule has 0 N–H and O–H groups in total. The van der Waals surface area contributed by atoms with Crippen LogP contribution in [0.4, 0.5) is 0 Å². The molecule has 1 fully saturated rings. The number of pyridine rings is 1. The largest absolute Gasteiger partial charge is 0.490 e. The Labute approximate surface area is 85.3 Å². The van der Waals surface area contributed by atoms with Gasteiger partial charge in [-0.05, 0) is 24.3 Å². The van der Waals surface area contributed by atoms with Crippen LogP contribution in [0.1, 0.15) is 39.2 Å². The molecule has 2 heteroatoms. The summed E-state index contributed by atoms with van der Waals surface area (Å²) in [5.41, 5.74) is 1.31. The van der Waals surface area contributed by atoms with Crippen molar-refractivity contribution in [2.24, 2.45) is 0 Å². The van der Waals surface area contributed by atoms with Crippen molar-refractivity contribution in [2.75, 3.05) is 0 Å². The standard InChI is InChI=1S/C12H17NO/c1-12(2,3)10-8-13-7-6-11(10)14-9-4-5-9/h6-9H,4-5H2,1-3H3. The van der Waals surface area contributed by atoms with E-state index in [4.69, 9.17) is 4.74 Å². The summed E-state index contributed by atoms with van der Waals surface area (Å²) < 4.78 is 5.84. The first-order chi connectivity index (χ1) is 6.57. The van der Waals surface area contributed by atoms with Crippen LogP contribution >= 0.6 is 0 Å². The Bertz CT molecular complexity index is 323. The molecule has 0 aromatic carbocycles. The van der Waals surface area contributed by atoms with Crippen LogP contribution in [-0.4, -0.2) is 11.1 Å². The molecule has 1 aliphatic rings. The Morgan fingerprint density at radius 1 is 1.36 bits per heavy atom. The van der Waals surface area contributed by atoms with E-state index in [9.17, 15) is 0 Å². The second-order valence-corrected chi connectivity index (χ2v) is 4.94. The van der Waals surface area contributed by atoms with Crippen molar-refractivity contribution >= 4 is 0 Å². The molecule has 1 aliphatic carbocycles. The molecule has 0 aliphatic heterocycles. The predicted octanol–water partition coefficient (Wildman–Crippen LogP) is 2.92. The van der Waals surface area contributed by atoms with E-state index in [0.717, 1.165) is 5.75 Å². The fraction of sp³-hybridized carbons (Fsp3) is 0.583. The molecule has 0 unspecified atom stereocenters. The smallest absolute Gasteiger partial charge is 0.126 e. The molecule has 1 aromatic rings. The number of rotatable bonds is 2. The van der Waals surface area contributed by atoms with E-state index in [1.807, 2.05) is 12.3 Å². The zero-order chi connectivity index (χ0) is 10.2. The number of aromatic nitrogens is 1. The van der Waals surface area contributed by atoms with Crippen LogP contribution in [0.2, 0.25) is 0 Å². The highest BCUT2D eigenvalue weighted by molar-refractivity contribution is 5.36. The Kier molecular flexibility index (Phi) is 2.22. The first kappa shape index (κ1) is 9.50. The minimum absolute atomic E-state index is 0.110. The molecule has 0 radical (unpaired) electrons. The van der Waals surface area contributed by atoms with Gasteiger partial charge in [0.15, 0.2) is 0 Å². The van der Waals surface area contributed by atoms with Crippen molar-refractivity contribution < 1.29 is 4.74 Å². The third-order valence-electron chi connectivity index (χ3n) is 2.41. The molecular weight excluding hydrogens is 174 g/mol. The van der Waals surface area contributed by atoms with E-state index in [1.165, 1.54) is 18.4 Å². The van der Waals surface area contributed by atoms with Gasteiger partial charge < -0.3 is 4.74 Å². The first-order valence-electron chi connectivity index (χ1n) is 5.18. The van der Waals surface area contributed by atoms with Crippen LogP contribution < -0.4 is 4.74 Å². The molecule has 76 valence electrons. The van der Waals surface area contributed by atoms with Gasteiger partial charge in [0.05, 0.1) is 6.10 Å². The summed E-state index contributed by atoms with van der Waals surface area (Å²) >= 11 is 0. The van der Waals surface area contributed by atoms with E-state index < -0.39 is 0 Å². The van der Waals surface area contributed by atoms with E-state index in [-0.39, 0.29) is 5.41 Å². The van der Waals surface area contributed by atoms with Crippen LogP contribution in [0.5, 0.6) is 5.75 Å². The Balaban J connectivity index is 2.27. The molecule has 1 saturated carbocycles. The van der Waals surface area contributed by atoms with Crippen molar-refractivity contribution in [1.82, 2.24) is 4.98 Å². The SMILES string of the molecule is CC(C)(C)c1cnccc1OC1CC1. The van der Waals surface area contributed by atoms with Crippen molar-refractivity contribution in [2.45, 2.75) is 45.1 Å². The molecule has 0 amide bonds. The molecule has 1 aromatic heterocycles. The Morgan fingerprint density at radius 2 is 2.07 bits per heavy atom. The summed E-state index contributed by atoms with van der Waals surface area (Å²) in [6, 6.07) is 1.97. The molecule has 0 spiro atoms. The maximum atomic E-state index is 5.84.